The zero-order chi connectivity index (χ0) is 21.1. The van der Waals surface area contributed by atoms with Crippen molar-refractivity contribution in [3.05, 3.63) is 58.1 Å². The van der Waals surface area contributed by atoms with Gasteiger partial charge in [0.15, 0.2) is 11.4 Å². The zero-order valence-corrected chi connectivity index (χ0v) is 16.1. The van der Waals surface area contributed by atoms with Gasteiger partial charge in [-0.05, 0) is 31.4 Å². The highest BCUT2D eigenvalue weighted by atomic mass is 16.5. The largest absolute Gasteiger partial charge is 0.508 e. The van der Waals surface area contributed by atoms with Gasteiger partial charge in [-0.2, -0.15) is 0 Å². The first-order chi connectivity index (χ1) is 13.8. The van der Waals surface area contributed by atoms with Crippen LogP contribution in [-0.2, 0) is 20.7 Å². The van der Waals surface area contributed by atoms with Gasteiger partial charge in [0, 0.05) is 17.1 Å². The molecule has 0 spiro atoms. The summed E-state index contributed by atoms with van der Waals surface area (Å²) in [5.74, 6) is -4.43. The second kappa shape index (κ2) is 6.53. The highest BCUT2D eigenvalue weighted by molar-refractivity contribution is 6.24. The van der Waals surface area contributed by atoms with Crippen LogP contribution in [0.5, 0.6) is 0 Å². The molecule has 4 atom stereocenters. The van der Waals surface area contributed by atoms with E-state index in [0.29, 0.717) is 12.0 Å². The van der Waals surface area contributed by atoms with Crippen LogP contribution in [0.25, 0.3) is 0 Å². The smallest absolute Gasteiger partial charge is 0.255 e. The Labute approximate surface area is 167 Å². The Hall–Kier alpha value is -2.97. The number of benzene rings is 1. The fourth-order valence-electron chi connectivity index (χ4n) is 5.07. The number of allylic oxidation sites excluding steroid dienone is 1. The van der Waals surface area contributed by atoms with Crippen LogP contribution in [0, 0.1) is 11.8 Å². The van der Waals surface area contributed by atoms with E-state index in [1.54, 1.807) is 19.2 Å². The lowest BCUT2D eigenvalue weighted by Gasteiger charge is -2.49. The van der Waals surface area contributed by atoms with Crippen LogP contribution in [0.4, 0.5) is 0 Å². The van der Waals surface area contributed by atoms with Crippen molar-refractivity contribution in [2.24, 2.45) is 17.6 Å². The van der Waals surface area contributed by atoms with Gasteiger partial charge < -0.3 is 26.0 Å². The Bertz CT molecular complexity index is 1010. The van der Waals surface area contributed by atoms with Crippen LogP contribution >= 0.6 is 0 Å². The highest BCUT2D eigenvalue weighted by Crippen LogP contribution is 2.50. The van der Waals surface area contributed by atoms with Gasteiger partial charge >= 0.3 is 0 Å². The number of carbonyl (C=O) groups excluding carboxylic acids is 3. The molecule has 152 valence electrons. The molecular weight excluding hydrogens is 376 g/mol. The predicted molar refractivity (Wildman–Crippen MR) is 102 cm³/mol. The van der Waals surface area contributed by atoms with Crippen molar-refractivity contribution in [2.45, 2.75) is 24.5 Å². The Kier molecular flexibility index (Phi) is 4.36. The second-order valence-electron chi connectivity index (χ2n) is 7.66. The Balaban J connectivity index is 1.95. The summed E-state index contributed by atoms with van der Waals surface area (Å²) in [6, 6.07) is 6.32. The molecule has 8 nitrogen and oxygen atoms in total. The van der Waals surface area contributed by atoms with E-state index in [9.17, 15) is 24.6 Å². The summed E-state index contributed by atoms with van der Waals surface area (Å²) >= 11 is 0. The maximum atomic E-state index is 13.2. The summed E-state index contributed by atoms with van der Waals surface area (Å²) in [6.07, 6.45) is 0.735. The van der Waals surface area contributed by atoms with Gasteiger partial charge in [0.1, 0.15) is 17.1 Å². The number of rotatable bonds is 3. The van der Waals surface area contributed by atoms with E-state index < -0.39 is 46.4 Å². The van der Waals surface area contributed by atoms with Crippen LogP contribution in [-0.4, -0.2) is 53.5 Å². The van der Waals surface area contributed by atoms with Crippen LogP contribution in [0.3, 0.4) is 0 Å². The number of ketones is 2. The van der Waals surface area contributed by atoms with Gasteiger partial charge in [-0.25, -0.2) is 0 Å². The predicted octanol–water partition coefficient (Wildman–Crippen LogP) is 0.161. The Morgan fingerprint density at radius 1 is 1.31 bits per heavy atom. The molecule has 5 N–H and O–H groups in total. The van der Waals surface area contributed by atoms with Gasteiger partial charge in [0.05, 0.1) is 13.2 Å². The van der Waals surface area contributed by atoms with Crippen molar-refractivity contribution >= 4 is 17.5 Å². The van der Waals surface area contributed by atoms with Crippen LogP contribution in [0.2, 0.25) is 0 Å². The Morgan fingerprint density at radius 2 is 2.00 bits per heavy atom. The first kappa shape index (κ1) is 19.4. The zero-order valence-electron chi connectivity index (χ0n) is 16.1. The monoisotopic (exact) mass is 398 g/mol. The lowest BCUT2D eigenvalue weighted by Crippen LogP contribution is -2.63. The van der Waals surface area contributed by atoms with Crippen molar-refractivity contribution in [2.75, 3.05) is 14.2 Å². The first-order valence-electron chi connectivity index (χ1n) is 9.35. The Morgan fingerprint density at radius 3 is 2.62 bits per heavy atom. The SMILES string of the molecule is CN[C@@H]1C(OC)=C(C(N)=O)C(=O)[C@@]2(O)C(O)=C3C(=O)c4ccccc4C[C@H]3C[C@@H]12. The number of nitrogens with two attached hydrogens (primary N) is 1. The standard InChI is InChI=1S/C21H22N2O6/c1-23-15-12-8-10-7-9-5-3-4-6-11(9)16(24)13(10)18(25)21(12,28)19(26)14(20(22)27)17(15)29-2/h3-6,10,12,15,23,25,28H,7-8H2,1-2H3,(H2,22,27)/t10-,12-,15-,21-/m0/s1. The van der Waals surface area contributed by atoms with Gasteiger partial charge in [-0.1, -0.05) is 24.3 Å². The fraction of sp³-hybridized carbons (Fsp3) is 0.381. The number of hydrogen-bond acceptors (Lipinski definition) is 7. The molecule has 4 rings (SSSR count). The second-order valence-corrected chi connectivity index (χ2v) is 7.66. The summed E-state index contributed by atoms with van der Waals surface area (Å²) in [4.78, 5) is 38.2. The number of Topliss-reactive ketones (excluding diaryl/α,β-unsaturated/α-hetero) is 2. The number of nitrogens with one attached hydrogen (secondary N) is 1. The molecule has 3 aliphatic rings. The number of ether oxygens (including phenoxy) is 1. The molecule has 0 aliphatic heterocycles. The first-order valence-corrected chi connectivity index (χ1v) is 9.35. The topological polar surface area (TPSA) is 139 Å². The molecule has 0 aromatic heterocycles. The van der Waals surface area contributed by atoms with Crippen molar-refractivity contribution in [1.82, 2.24) is 5.32 Å². The number of fused-ring (bicyclic) bond motifs is 3. The van der Waals surface area contributed by atoms with Crippen LogP contribution in [0.15, 0.2) is 46.9 Å². The number of methoxy groups -OCH3 is 1. The maximum absolute atomic E-state index is 13.2. The molecule has 0 bridgehead atoms. The molecule has 0 heterocycles. The van der Waals surface area contributed by atoms with Gasteiger partial charge in [-0.3, -0.25) is 14.4 Å². The number of aliphatic hydroxyl groups is 2. The maximum Gasteiger partial charge on any atom is 0.255 e. The minimum absolute atomic E-state index is 0.0235. The van der Waals surface area contributed by atoms with Crippen molar-refractivity contribution in [3.8, 4) is 0 Å². The number of carbonyl (C=O) groups is 3. The molecule has 0 unspecified atom stereocenters. The average molecular weight is 398 g/mol. The summed E-state index contributed by atoms with van der Waals surface area (Å²) < 4.78 is 5.30. The lowest BCUT2D eigenvalue weighted by molar-refractivity contribution is -0.146. The average Bonchev–Trinajstić information content (AvgIpc) is 2.70. The minimum Gasteiger partial charge on any atom is -0.508 e. The number of aliphatic hydroxyl groups excluding tert-OH is 1. The van der Waals surface area contributed by atoms with E-state index in [1.165, 1.54) is 7.11 Å². The molecule has 29 heavy (non-hydrogen) atoms. The van der Waals surface area contributed by atoms with E-state index in [2.05, 4.69) is 5.32 Å². The summed E-state index contributed by atoms with van der Waals surface area (Å²) in [5, 5.41) is 25.4. The van der Waals surface area contributed by atoms with Gasteiger partial charge in [0.2, 0.25) is 5.78 Å². The van der Waals surface area contributed by atoms with Gasteiger partial charge in [0.25, 0.3) is 5.91 Å². The third kappa shape index (κ3) is 2.42. The number of hydrogen-bond donors (Lipinski definition) is 4. The molecule has 8 heteroatoms. The molecule has 0 saturated heterocycles. The molecule has 1 aromatic rings. The summed E-state index contributed by atoms with van der Waals surface area (Å²) in [6.45, 7) is 0. The van der Waals surface area contributed by atoms with Gasteiger partial charge in [-0.15, -0.1) is 0 Å². The van der Waals surface area contributed by atoms with E-state index in [1.807, 2.05) is 12.1 Å². The molecule has 0 fully saturated rings. The van der Waals surface area contributed by atoms with Crippen molar-refractivity contribution in [3.63, 3.8) is 0 Å². The molecule has 0 radical (unpaired) electrons. The summed E-state index contributed by atoms with van der Waals surface area (Å²) in [7, 11) is 2.90. The lowest BCUT2D eigenvalue weighted by atomic mass is 9.59. The fourth-order valence-corrected chi connectivity index (χ4v) is 5.07. The number of primary amides is 1. The number of likely N-dealkylation sites (N-methyl/N-ethyl adjacent to an activating group) is 1. The van der Waals surface area contributed by atoms with Crippen molar-refractivity contribution < 1.29 is 29.3 Å². The highest BCUT2D eigenvalue weighted by Gasteiger charge is 2.62. The van der Waals surface area contributed by atoms with Crippen LogP contribution in [0.1, 0.15) is 22.3 Å². The molecule has 0 saturated carbocycles. The van der Waals surface area contributed by atoms with E-state index >= 15 is 0 Å². The third-order valence-electron chi connectivity index (χ3n) is 6.35. The third-order valence-corrected chi connectivity index (χ3v) is 6.35. The molecule has 3 aliphatic carbocycles. The molecular formula is C21H22N2O6. The van der Waals surface area contributed by atoms with Crippen molar-refractivity contribution in [1.29, 1.82) is 0 Å². The quantitative estimate of drug-likeness (QED) is 0.532. The number of amides is 1. The van der Waals surface area contributed by atoms with Crippen LogP contribution < -0.4 is 11.1 Å². The minimum atomic E-state index is -2.44. The van der Waals surface area contributed by atoms with E-state index in [4.69, 9.17) is 10.5 Å². The molecule has 1 aromatic carbocycles. The van der Waals surface area contributed by atoms with E-state index in [0.717, 1.165) is 5.56 Å². The van der Waals surface area contributed by atoms with E-state index in [-0.39, 0.29) is 23.7 Å². The normalized spacial score (nSPS) is 31.2. The molecule has 1 amide bonds. The summed E-state index contributed by atoms with van der Waals surface area (Å²) in [5.41, 5.74) is 3.75.